The molecule has 0 spiro atoms. The molecule has 1 N–H and O–H groups in total. The molecule has 1 atom stereocenters. The van der Waals surface area contributed by atoms with Crippen LogP contribution in [0.2, 0.25) is 0 Å². The molecule has 28 heavy (non-hydrogen) atoms. The number of nitrogens with zero attached hydrogens (tertiary/aromatic N) is 2. The van der Waals surface area contributed by atoms with Gasteiger partial charge in [0, 0.05) is 23.4 Å². The van der Waals surface area contributed by atoms with Gasteiger partial charge >= 0.3 is 5.97 Å². The molecule has 2 aromatic carbocycles. The quantitative estimate of drug-likeness (QED) is 0.694. The van der Waals surface area contributed by atoms with Gasteiger partial charge in [-0.3, -0.25) is 4.79 Å². The zero-order valence-electron chi connectivity index (χ0n) is 15.8. The third-order valence-corrected chi connectivity index (χ3v) is 5.05. The van der Waals surface area contributed by atoms with Gasteiger partial charge in [-0.1, -0.05) is 36.4 Å². The first-order valence-corrected chi connectivity index (χ1v) is 9.21. The molecule has 2 heterocycles. The summed E-state index contributed by atoms with van der Waals surface area (Å²) in [6.45, 7) is 4.30. The Kier molecular flexibility index (Phi) is 4.69. The number of fused-ring (bicyclic) bond motifs is 1. The zero-order valence-corrected chi connectivity index (χ0v) is 15.8. The van der Waals surface area contributed by atoms with Crippen LogP contribution in [0.5, 0.6) is 0 Å². The lowest BCUT2D eigenvalue weighted by Gasteiger charge is -2.11. The number of nitrogens with one attached hydrogen (secondary N) is 1. The maximum absolute atomic E-state index is 12.5. The van der Waals surface area contributed by atoms with E-state index in [2.05, 4.69) is 10.4 Å². The highest BCUT2D eigenvalue weighted by atomic mass is 16.5. The molecule has 0 bridgehead atoms. The lowest BCUT2D eigenvalue weighted by molar-refractivity contribution is -0.123. The third-order valence-electron chi connectivity index (χ3n) is 5.05. The van der Waals surface area contributed by atoms with Gasteiger partial charge in [-0.05, 0) is 32.0 Å². The van der Waals surface area contributed by atoms with Gasteiger partial charge in [-0.2, -0.15) is 5.10 Å². The number of esters is 1. The molecular formula is C22H21N3O3. The SMILES string of the molecule is Cc1nn(-c2ccccc2)c(C)c1CNC(=O)C[C@H]1OC(=O)c2ccccc21. The molecule has 6 heteroatoms. The van der Waals surface area contributed by atoms with E-state index in [-0.39, 0.29) is 18.3 Å². The van der Waals surface area contributed by atoms with Gasteiger partial charge in [-0.15, -0.1) is 0 Å². The molecule has 6 nitrogen and oxygen atoms in total. The normalized spacial score (nSPS) is 15.2. The van der Waals surface area contributed by atoms with Crippen LogP contribution in [-0.2, 0) is 16.1 Å². The fourth-order valence-electron chi connectivity index (χ4n) is 3.55. The van der Waals surface area contributed by atoms with E-state index in [4.69, 9.17) is 4.74 Å². The summed E-state index contributed by atoms with van der Waals surface area (Å²) in [7, 11) is 0. The Balaban J connectivity index is 1.44. The standard InChI is InChI=1S/C22H21N3O3/c1-14-19(15(2)25(24-14)16-8-4-3-5-9-16)13-23-21(26)12-20-17-10-6-7-11-18(17)22(27)28-20/h3-11,20H,12-13H2,1-2H3,(H,23,26)/t20-/m1/s1. The van der Waals surface area contributed by atoms with E-state index in [1.54, 1.807) is 12.1 Å². The van der Waals surface area contributed by atoms with Crippen LogP contribution in [0.15, 0.2) is 54.6 Å². The Labute approximate surface area is 163 Å². The maximum Gasteiger partial charge on any atom is 0.339 e. The number of carbonyl (C=O) groups excluding carboxylic acids is 2. The molecule has 1 aliphatic heterocycles. The van der Waals surface area contributed by atoms with Gasteiger partial charge in [-0.25, -0.2) is 9.48 Å². The average molecular weight is 375 g/mol. The van der Waals surface area contributed by atoms with Crippen molar-refractivity contribution in [2.24, 2.45) is 0 Å². The van der Waals surface area contributed by atoms with Gasteiger partial charge in [0.05, 0.1) is 23.4 Å². The molecule has 0 saturated heterocycles. The topological polar surface area (TPSA) is 73.2 Å². The van der Waals surface area contributed by atoms with Crippen molar-refractivity contribution in [3.8, 4) is 5.69 Å². The second-order valence-corrected chi connectivity index (χ2v) is 6.86. The molecule has 4 rings (SSSR count). The van der Waals surface area contributed by atoms with Crippen LogP contribution in [0.4, 0.5) is 0 Å². The molecule has 142 valence electrons. The predicted octanol–water partition coefficient (Wildman–Crippen LogP) is 3.41. The van der Waals surface area contributed by atoms with Crippen LogP contribution in [0.25, 0.3) is 5.69 Å². The van der Waals surface area contributed by atoms with Crippen molar-refractivity contribution < 1.29 is 14.3 Å². The Morgan fingerprint density at radius 1 is 1.11 bits per heavy atom. The van der Waals surface area contributed by atoms with Crippen molar-refractivity contribution >= 4 is 11.9 Å². The Bertz CT molecular complexity index is 1040. The monoisotopic (exact) mass is 375 g/mol. The number of aryl methyl sites for hydroxylation is 1. The second-order valence-electron chi connectivity index (χ2n) is 6.86. The summed E-state index contributed by atoms with van der Waals surface area (Å²) >= 11 is 0. The summed E-state index contributed by atoms with van der Waals surface area (Å²) in [5.74, 6) is -0.537. The highest BCUT2D eigenvalue weighted by Crippen LogP contribution is 2.32. The molecule has 0 aliphatic carbocycles. The van der Waals surface area contributed by atoms with Gasteiger partial charge < -0.3 is 10.1 Å². The maximum atomic E-state index is 12.5. The highest BCUT2D eigenvalue weighted by molar-refractivity contribution is 5.94. The average Bonchev–Trinajstić information content (AvgIpc) is 3.17. The molecular weight excluding hydrogens is 354 g/mol. The summed E-state index contributed by atoms with van der Waals surface area (Å²) < 4.78 is 7.23. The number of para-hydroxylation sites is 1. The molecule has 3 aromatic rings. The minimum Gasteiger partial charge on any atom is -0.453 e. The van der Waals surface area contributed by atoms with Gasteiger partial charge in [0.2, 0.25) is 5.91 Å². The molecule has 0 unspecified atom stereocenters. The summed E-state index contributed by atoms with van der Waals surface area (Å²) in [5.41, 5.74) is 5.14. The van der Waals surface area contributed by atoms with E-state index in [1.807, 2.05) is 61.0 Å². The molecule has 1 aliphatic rings. The number of benzene rings is 2. The van der Waals surface area contributed by atoms with Crippen molar-refractivity contribution in [1.82, 2.24) is 15.1 Å². The van der Waals surface area contributed by atoms with Gasteiger partial charge in [0.15, 0.2) is 0 Å². The van der Waals surface area contributed by atoms with E-state index < -0.39 is 6.10 Å². The van der Waals surface area contributed by atoms with Crippen molar-refractivity contribution in [3.05, 3.63) is 82.7 Å². The summed E-state index contributed by atoms with van der Waals surface area (Å²) in [4.78, 5) is 24.4. The van der Waals surface area contributed by atoms with Crippen LogP contribution < -0.4 is 5.32 Å². The Morgan fingerprint density at radius 3 is 2.61 bits per heavy atom. The van der Waals surface area contributed by atoms with E-state index in [9.17, 15) is 9.59 Å². The van der Waals surface area contributed by atoms with Crippen LogP contribution in [0, 0.1) is 13.8 Å². The predicted molar refractivity (Wildman–Crippen MR) is 104 cm³/mol. The number of amides is 1. The highest BCUT2D eigenvalue weighted by Gasteiger charge is 2.32. The fourth-order valence-corrected chi connectivity index (χ4v) is 3.55. The first-order valence-electron chi connectivity index (χ1n) is 9.21. The first-order chi connectivity index (χ1) is 13.5. The van der Waals surface area contributed by atoms with Gasteiger partial charge in [0.1, 0.15) is 6.10 Å². The van der Waals surface area contributed by atoms with E-state index >= 15 is 0 Å². The van der Waals surface area contributed by atoms with Crippen LogP contribution in [-0.4, -0.2) is 21.7 Å². The number of aromatic nitrogens is 2. The largest absolute Gasteiger partial charge is 0.453 e. The van der Waals surface area contributed by atoms with Crippen LogP contribution >= 0.6 is 0 Å². The number of ether oxygens (including phenoxy) is 1. The van der Waals surface area contributed by atoms with Crippen molar-refractivity contribution in [2.75, 3.05) is 0 Å². The number of cyclic esters (lactones) is 1. The van der Waals surface area contributed by atoms with Crippen molar-refractivity contribution in [3.63, 3.8) is 0 Å². The minimum absolute atomic E-state index is 0.105. The molecule has 0 radical (unpaired) electrons. The van der Waals surface area contributed by atoms with Crippen molar-refractivity contribution in [2.45, 2.75) is 32.9 Å². The van der Waals surface area contributed by atoms with Crippen molar-refractivity contribution in [1.29, 1.82) is 0 Å². The molecule has 1 amide bonds. The minimum atomic E-state index is -0.530. The molecule has 0 fully saturated rings. The lowest BCUT2D eigenvalue weighted by Crippen LogP contribution is -2.25. The number of carbonyl (C=O) groups is 2. The lowest BCUT2D eigenvalue weighted by atomic mass is 10.0. The van der Waals surface area contributed by atoms with Crippen LogP contribution in [0.1, 0.15) is 45.4 Å². The Morgan fingerprint density at radius 2 is 1.82 bits per heavy atom. The fraction of sp³-hybridized carbons (Fsp3) is 0.227. The molecule has 1 aromatic heterocycles. The van der Waals surface area contributed by atoms with Gasteiger partial charge in [0.25, 0.3) is 0 Å². The van der Waals surface area contributed by atoms with E-state index in [0.717, 1.165) is 28.2 Å². The number of hydrogen-bond acceptors (Lipinski definition) is 4. The summed E-state index contributed by atoms with van der Waals surface area (Å²) in [6, 6.07) is 17.1. The zero-order chi connectivity index (χ0) is 19.7. The van der Waals surface area contributed by atoms with E-state index in [0.29, 0.717) is 12.1 Å². The molecule has 0 saturated carbocycles. The van der Waals surface area contributed by atoms with Crippen LogP contribution in [0.3, 0.4) is 0 Å². The number of rotatable bonds is 5. The third kappa shape index (κ3) is 3.29. The first kappa shape index (κ1) is 18.0. The second kappa shape index (κ2) is 7.31. The summed E-state index contributed by atoms with van der Waals surface area (Å²) in [6.07, 6.45) is -0.425. The smallest absolute Gasteiger partial charge is 0.339 e. The Hall–Kier alpha value is -3.41. The summed E-state index contributed by atoms with van der Waals surface area (Å²) in [5, 5.41) is 7.53. The number of hydrogen-bond donors (Lipinski definition) is 1. The van der Waals surface area contributed by atoms with E-state index in [1.165, 1.54) is 0 Å².